The van der Waals surface area contributed by atoms with E-state index in [9.17, 15) is 28.8 Å². The van der Waals surface area contributed by atoms with Gasteiger partial charge in [0.25, 0.3) is 0 Å². The van der Waals surface area contributed by atoms with Crippen LogP contribution in [0, 0.1) is 5.41 Å². The molecule has 0 unspecified atom stereocenters. The Labute approximate surface area is 306 Å². The standard InChI is InChI=1S/C38H42O15/c1-23(2)26-8-14-29(15-9-26)32(39)48-51-35(42)45-20-38(7,21-46-36(43)52-49-33(40)30-16-10-27(11-17-30)24(3)4)22-47-37(44)53-50-34(41)31-18-12-28(13-19-31)25(5)6/h8-19,23-25H,20-22H2,1-7H3. The zero-order chi connectivity index (χ0) is 39.1. The number of hydrogen-bond donors (Lipinski definition) is 0. The lowest BCUT2D eigenvalue weighted by molar-refractivity contribution is -0.216. The number of ether oxygens (including phenoxy) is 3. The van der Waals surface area contributed by atoms with Crippen LogP contribution in [0.25, 0.3) is 0 Å². The molecule has 0 radical (unpaired) electrons. The van der Waals surface area contributed by atoms with Gasteiger partial charge in [0.2, 0.25) is 0 Å². The molecule has 0 saturated heterocycles. The Morgan fingerprint density at radius 1 is 0.415 bits per heavy atom. The van der Waals surface area contributed by atoms with Crippen LogP contribution in [0.1, 0.15) is 114 Å². The van der Waals surface area contributed by atoms with Gasteiger partial charge in [0.1, 0.15) is 19.8 Å². The summed E-state index contributed by atoms with van der Waals surface area (Å²) < 4.78 is 15.0. The van der Waals surface area contributed by atoms with E-state index >= 15 is 0 Å². The number of carbonyl (C=O) groups excluding carboxylic acids is 6. The minimum Gasteiger partial charge on any atom is -0.431 e. The second-order valence-corrected chi connectivity index (χ2v) is 13.1. The highest BCUT2D eigenvalue weighted by Gasteiger charge is 2.33. The van der Waals surface area contributed by atoms with E-state index in [-0.39, 0.29) is 34.4 Å². The van der Waals surface area contributed by atoms with E-state index < -0.39 is 61.6 Å². The third-order valence-corrected chi connectivity index (χ3v) is 7.61. The minimum absolute atomic E-state index is 0.104. The van der Waals surface area contributed by atoms with Crippen LogP contribution >= 0.6 is 0 Å². The van der Waals surface area contributed by atoms with Crippen molar-refractivity contribution in [3.05, 3.63) is 106 Å². The Kier molecular flexibility index (Phi) is 15.2. The monoisotopic (exact) mass is 738 g/mol. The first kappa shape index (κ1) is 41.3. The first-order valence-corrected chi connectivity index (χ1v) is 16.5. The van der Waals surface area contributed by atoms with Gasteiger partial charge in [-0.15, -0.1) is 0 Å². The normalized spacial score (nSPS) is 11.0. The molecule has 0 aliphatic carbocycles. The van der Waals surface area contributed by atoms with Crippen molar-refractivity contribution >= 4 is 36.4 Å². The highest BCUT2D eigenvalue weighted by Crippen LogP contribution is 2.21. The molecule has 15 nitrogen and oxygen atoms in total. The highest BCUT2D eigenvalue weighted by molar-refractivity contribution is 5.90. The lowest BCUT2D eigenvalue weighted by Crippen LogP contribution is -2.37. The van der Waals surface area contributed by atoms with Crippen molar-refractivity contribution in [1.29, 1.82) is 0 Å². The molecular weight excluding hydrogens is 696 g/mol. The molecule has 0 aromatic heterocycles. The molecular formula is C38H42O15. The summed E-state index contributed by atoms with van der Waals surface area (Å²) in [5.74, 6) is -2.26. The van der Waals surface area contributed by atoms with Crippen molar-refractivity contribution in [2.24, 2.45) is 5.41 Å². The molecule has 0 atom stereocenters. The molecule has 0 aliphatic rings. The lowest BCUT2D eigenvalue weighted by Gasteiger charge is -2.26. The fourth-order valence-electron chi connectivity index (χ4n) is 4.27. The quantitative estimate of drug-likeness (QED) is 0.0749. The van der Waals surface area contributed by atoms with Crippen LogP contribution in [-0.2, 0) is 43.5 Å². The second kappa shape index (κ2) is 19.5. The topological polar surface area (TPSA) is 185 Å². The molecule has 0 fully saturated rings. The maximum atomic E-state index is 12.3. The zero-order valence-electron chi connectivity index (χ0n) is 30.4. The van der Waals surface area contributed by atoms with Crippen molar-refractivity contribution in [2.75, 3.05) is 19.8 Å². The van der Waals surface area contributed by atoms with Gasteiger partial charge in [0.15, 0.2) is 0 Å². The van der Waals surface area contributed by atoms with Crippen LogP contribution < -0.4 is 0 Å². The van der Waals surface area contributed by atoms with Crippen molar-refractivity contribution in [2.45, 2.75) is 66.2 Å². The van der Waals surface area contributed by atoms with Gasteiger partial charge in [-0.3, -0.25) is 0 Å². The summed E-state index contributed by atoms with van der Waals surface area (Å²) in [6.45, 7) is 11.2. The van der Waals surface area contributed by atoms with Gasteiger partial charge >= 0.3 is 36.4 Å². The summed E-state index contributed by atoms with van der Waals surface area (Å²) in [6, 6.07) is 19.3. The maximum absolute atomic E-state index is 12.3. The van der Waals surface area contributed by atoms with Crippen LogP contribution in [0.3, 0.4) is 0 Å². The van der Waals surface area contributed by atoms with Crippen molar-refractivity contribution in [1.82, 2.24) is 0 Å². The fraction of sp³-hybridized carbons (Fsp3) is 0.368. The van der Waals surface area contributed by atoms with Gasteiger partial charge in [-0.05, 0) is 77.8 Å². The minimum atomic E-state index is -1.55. The van der Waals surface area contributed by atoms with Gasteiger partial charge in [-0.1, -0.05) is 77.9 Å². The molecule has 15 heteroatoms. The Morgan fingerprint density at radius 2 is 0.642 bits per heavy atom. The first-order chi connectivity index (χ1) is 25.1. The number of hydrogen-bond acceptors (Lipinski definition) is 15. The smallest absolute Gasteiger partial charge is 0.431 e. The maximum Gasteiger partial charge on any atom is 0.549 e. The number of rotatable bonds is 12. The molecule has 3 aromatic carbocycles. The van der Waals surface area contributed by atoms with E-state index in [0.29, 0.717) is 0 Å². The molecule has 0 heterocycles. The second-order valence-electron chi connectivity index (χ2n) is 13.1. The molecule has 3 rings (SSSR count). The van der Waals surface area contributed by atoms with E-state index in [1.807, 2.05) is 41.5 Å². The van der Waals surface area contributed by atoms with Crippen LogP contribution in [-0.4, -0.2) is 56.2 Å². The fourth-order valence-corrected chi connectivity index (χ4v) is 4.27. The lowest BCUT2D eigenvalue weighted by atomic mass is 9.94. The SMILES string of the molecule is CC(C)c1ccc(C(=O)OOC(=O)OCC(C)(COC(=O)OOC(=O)c2ccc(C(C)C)cc2)COC(=O)OOC(=O)c2ccc(C(C)C)cc2)cc1. The van der Waals surface area contributed by atoms with Crippen LogP contribution in [0.5, 0.6) is 0 Å². The average molecular weight is 739 g/mol. The van der Waals surface area contributed by atoms with E-state index in [4.69, 9.17) is 14.2 Å². The van der Waals surface area contributed by atoms with Crippen molar-refractivity contribution < 1.29 is 72.3 Å². The number of carbonyl (C=O) groups is 6. The van der Waals surface area contributed by atoms with Crippen LogP contribution in [0.2, 0.25) is 0 Å². The molecule has 284 valence electrons. The van der Waals surface area contributed by atoms with E-state index in [0.717, 1.165) is 16.7 Å². The predicted octanol–water partition coefficient (Wildman–Crippen LogP) is 8.14. The summed E-state index contributed by atoms with van der Waals surface area (Å²) in [7, 11) is 0. The molecule has 53 heavy (non-hydrogen) atoms. The van der Waals surface area contributed by atoms with Crippen LogP contribution in [0.4, 0.5) is 14.4 Å². The predicted molar refractivity (Wildman–Crippen MR) is 183 cm³/mol. The van der Waals surface area contributed by atoms with Gasteiger partial charge in [-0.2, -0.15) is 14.4 Å². The van der Waals surface area contributed by atoms with Gasteiger partial charge in [0.05, 0.1) is 22.1 Å². The Hall–Kier alpha value is -6.12. The zero-order valence-corrected chi connectivity index (χ0v) is 30.4. The molecule has 0 spiro atoms. The van der Waals surface area contributed by atoms with Gasteiger partial charge in [0, 0.05) is 0 Å². The first-order valence-electron chi connectivity index (χ1n) is 16.5. The molecule has 0 aliphatic heterocycles. The van der Waals surface area contributed by atoms with E-state index in [1.54, 1.807) is 36.4 Å². The summed E-state index contributed by atoms with van der Waals surface area (Å²) in [5.41, 5.74) is 1.68. The molecule has 0 N–H and O–H groups in total. The Bertz CT molecular complexity index is 1510. The summed E-state index contributed by atoms with van der Waals surface area (Å²) in [5, 5.41) is 0. The Morgan fingerprint density at radius 3 is 0.849 bits per heavy atom. The summed E-state index contributed by atoms with van der Waals surface area (Å²) in [4.78, 5) is 101. The van der Waals surface area contributed by atoms with E-state index in [2.05, 4.69) is 29.3 Å². The summed E-state index contributed by atoms with van der Waals surface area (Å²) in [6.07, 6.45) is -4.41. The molecule has 0 bridgehead atoms. The van der Waals surface area contributed by atoms with Crippen molar-refractivity contribution in [3.8, 4) is 0 Å². The third-order valence-electron chi connectivity index (χ3n) is 7.61. The largest absolute Gasteiger partial charge is 0.549 e. The van der Waals surface area contributed by atoms with Crippen LogP contribution in [0.15, 0.2) is 72.8 Å². The third kappa shape index (κ3) is 13.5. The molecule has 0 amide bonds. The highest BCUT2D eigenvalue weighted by atomic mass is 17.2. The Balaban J connectivity index is 1.56. The van der Waals surface area contributed by atoms with Crippen molar-refractivity contribution in [3.63, 3.8) is 0 Å². The summed E-state index contributed by atoms with van der Waals surface area (Å²) >= 11 is 0. The van der Waals surface area contributed by atoms with Gasteiger partial charge < -0.3 is 14.2 Å². The average Bonchev–Trinajstić information content (AvgIpc) is 3.15. The van der Waals surface area contributed by atoms with Gasteiger partial charge in [-0.25, -0.2) is 43.7 Å². The van der Waals surface area contributed by atoms with E-state index in [1.165, 1.54) is 43.3 Å². The number of benzene rings is 3. The molecule has 0 saturated carbocycles. The molecule has 3 aromatic rings.